The van der Waals surface area contributed by atoms with Crippen molar-refractivity contribution in [3.05, 3.63) is 29.8 Å². The quantitative estimate of drug-likeness (QED) is 0.878. The average molecular weight is 261 g/mol. The fraction of sp³-hybridized carbons (Fsp3) is 0.647. The maximum atomic E-state index is 5.46. The van der Waals surface area contributed by atoms with E-state index in [9.17, 15) is 0 Å². The molecule has 3 unspecified atom stereocenters. The van der Waals surface area contributed by atoms with Gasteiger partial charge in [-0.3, -0.25) is 0 Å². The minimum absolute atomic E-state index is 0.342. The molecule has 0 bridgehead atoms. The Morgan fingerprint density at radius 2 is 1.95 bits per heavy atom. The van der Waals surface area contributed by atoms with Crippen molar-refractivity contribution in [2.45, 2.75) is 52.1 Å². The molecule has 1 aromatic carbocycles. The van der Waals surface area contributed by atoms with Crippen LogP contribution in [-0.4, -0.2) is 13.2 Å². The van der Waals surface area contributed by atoms with Crippen molar-refractivity contribution in [3.8, 4) is 5.75 Å². The molecule has 1 fully saturated rings. The number of hydrogen-bond donors (Lipinski definition) is 1. The summed E-state index contributed by atoms with van der Waals surface area (Å²) in [6.07, 6.45) is 4.01. The third kappa shape index (κ3) is 3.50. The average Bonchev–Trinajstić information content (AvgIpc) is 2.42. The molecule has 0 amide bonds. The lowest BCUT2D eigenvalue weighted by atomic mass is 9.79. The molecule has 1 saturated carbocycles. The highest BCUT2D eigenvalue weighted by molar-refractivity contribution is 5.35. The molecule has 106 valence electrons. The normalized spacial score (nSPS) is 28.9. The molecule has 1 N–H and O–H groups in total. The molecule has 0 spiro atoms. The molecule has 19 heavy (non-hydrogen) atoms. The van der Waals surface area contributed by atoms with Crippen molar-refractivity contribution >= 4 is 0 Å². The third-order valence-corrected chi connectivity index (χ3v) is 4.53. The molecule has 1 aliphatic rings. The predicted molar refractivity (Wildman–Crippen MR) is 80.5 cm³/mol. The van der Waals surface area contributed by atoms with Crippen LogP contribution in [0.25, 0.3) is 0 Å². The number of para-hydroxylation sites is 1. The minimum Gasteiger partial charge on any atom is -0.496 e. The van der Waals surface area contributed by atoms with Crippen molar-refractivity contribution in [2.75, 3.05) is 7.11 Å². The van der Waals surface area contributed by atoms with Gasteiger partial charge < -0.3 is 10.1 Å². The molecule has 0 aliphatic heterocycles. The van der Waals surface area contributed by atoms with Crippen molar-refractivity contribution in [3.63, 3.8) is 0 Å². The fourth-order valence-electron chi connectivity index (χ4n) is 3.20. The molecule has 1 aromatic rings. The Labute approximate surface area is 117 Å². The van der Waals surface area contributed by atoms with E-state index in [4.69, 9.17) is 4.74 Å². The summed E-state index contributed by atoms with van der Waals surface area (Å²) in [4.78, 5) is 0. The SMILES string of the molecule is COc1ccccc1[C@H](C)NC1CC(C)CCC1C. The summed E-state index contributed by atoms with van der Waals surface area (Å²) >= 11 is 0. The van der Waals surface area contributed by atoms with Crippen LogP contribution < -0.4 is 10.1 Å². The van der Waals surface area contributed by atoms with Crippen LogP contribution in [0.2, 0.25) is 0 Å². The number of benzene rings is 1. The molecular formula is C17H27NO. The van der Waals surface area contributed by atoms with Crippen LogP contribution >= 0.6 is 0 Å². The van der Waals surface area contributed by atoms with E-state index in [1.807, 2.05) is 12.1 Å². The summed E-state index contributed by atoms with van der Waals surface area (Å²) in [7, 11) is 1.75. The number of methoxy groups -OCH3 is 1. The first-order valence-corrected chi connectivity index (χ1v) is 7.50. The van der Waals surface area contributed by atoms with E-state index in [1.54, 1.807) is 7.11 Å². The van der Waals surface area contributed by atoms with Crippen molar-refractivity contribution in [2.24, 2.45) is 11.8 Å². The van der Waals surface area contributed by atoms with Crippen molar-refractivity contribution in [1.29, 1.82) is 0 Å². The van der Waals surface area contributed by atoms with Gasteiger partial charge in [0.1, 0.15) is 5.75 Å². The molecule has 4 atom stereocenters. The summed E-state index contributed by atoms with van der Waals surface area (Å²) in [6, 6.07) is 9.29. The van der Waals surface area contributed by atoms with E-state index >= 15 is 0 Å². The molecule has 0 radical (unpaired) electrons. The third-order valence-electron chi connectivity index (χ3n) is 4.53. The Kier molecular flexibility index (Phi) is 4.87. The van der Waals surface area contributed by atoms with Crippen LogP contribution in [0.1, 0.15) is 51.6 Å². The van der Waals surface area contributed by atoms with Crippen LogP contribution in [0.3, 0.4) is 0 Å². The summed E-state index contributed by atoms with van der Waals surface area (Å²) in [5.41, 5.74) is 1.26. The number of nitrogens with one attached hydrogen (secondary N) is 1. The first kappa shape index (κ1) is 14.4. The zero-order chi connectivity index (χ0) is 13.8. The smallest absolute Gasteiger partial charge is 0.123 e. The first-order valence-electron chi connectivity index (χ1n) is 7.50. The fourth-order valence-corrected chi connectivity index (χ4v) is 3.20. The molecule has 2 rings (SSSR count). The summed E-state index contributed by atoms with van der Waals surface area (Å²) in [5.74, 6) is 2.60. The molecule has 0 aromatic heterocycles. The second kappa shape index (κ2) is 6.42. The van der Waals surface area contributed by atoms with Crippen LogP contribution in [0, 0.1) is 11.8 Å². The molecule has 2 nitrogen and oxygen atoms in total. The Morgan fingerprint density at radius 3 is 2.68 bits per heavy atom. The predicted octanol–water partition coefficient (Wildman–Crippen LogP) is 4.17. The molecule has 1 aliphatic carbocycles. The Morgan fingerprint density at radius 1 is 1.21 bits per heavy atom. The summed E-state index contributed by atoms with van der Waals surface area (Å²) in [5, 5.41) is 3.81. The van der Waals surface area contributed by atoms with Crippen LogP contribution in [-0.2, 0) is 0 Å². The molecule has 0 heterocycles. The van der Waals surface area contributed by atoms with E-state index in [1.165, 1.54) is 24.8 Å². The van der Waals surface area contributed by atoms with Gasteiger partial charge in [0.2, 0.25) is 0 Å². The number of hydrogen-bond acceptors (Lipinski definition) is 2. The maximum Gasteiger partial charge on any atom is 0.123 e. The second-order valence-corrected chi connectivity index (χ2v) is 6.13. The Balaban J connectivity index is 2.05. The van der Waals surface area contributed by atoms with Gasteiger partial charge in [-0.05, 0) is 37.7 Å². The summed E-state index contributed by atoms with van der Waals surface area (Å²) < 4.78 is 5.46. The van der Waals surface area contributed by atoms with Gasteiger partial charge in [-0.2, -0.15) is 0 Å². The monoisotopic (exact) mass is 261 g/mol. The van der Waals surface area contributed by atoms with E-state index < -0.39 is 0 Å². The Bertz CT molecular complexity index is 404. The molecular weight excluding hydrogens is 234 g/mol. The molecule has 0 saturated heterocycles. The van der Waals surface area contributed by atoms with Gasteiger partial charge in [0, 0.05) is 17.6 Å². The van der Waals surface area contributed by atoms with Gasteiger partial charge >= 0.3 is 0 Å². The Hall–Kier alpha value is -1.02. The first-order chi connectivity index (χ1) is 9.11. The maximum absolute atomic E-state index is 5.46. The lowest BCUT2D eigenvalue weighted by Gasteiger charge is -2.35. The number of rotatable bonds is 4. The standard InChI is InChI=1S/C17H27NO/c1-12-9-10-13(2)16(11-12)18-14(3)15-7-5-6-8-17(15)19-4/h5-8,12-14,16,18H,9-11H2,1-4H3/t12?,13?,14-,16?/m0/s1. The lowest BCUT2D eigenvalue weighted by molar-refractivity contribution is 0.215. The number of ether oxygens (including phenoxy) is 1. The van der Waals surface area contributed by atoms with E-state index in [-0.39, 0.29) is 0 Å². The van der Waals surface area contributed by atoms with Gasteiger partial charge in [-0.1, -0.05) is 38.5 Å². The van der Waals surface area contributed by atoms with Crippen LogP contribution in [0.4, 0.5) is 0 Å². The highest BCUT2D eigenvalue weighted by atomic mass is 16.5. The zero-order valence-corrected chi connectivity index (χ0v) is 12.6. The van der Waals surface area contributed by atoms with Gasteiger partial charge in [-0.15, -0.1) is 0 Å². The summed E-state index contributed by atoms with van der Waals surface area (Å²) in [6.45, 7) is 6.98. The van der Waals surface area contributed by atoms with E-state index in [0.717, 1.165) is 17.6 Å². The van der Waals surface area contributed by atoms with Crippen molar-refractivity contribution in [1.82, 2.24) is 5.32 Å². The lowest BCUT2D eigenvalue weighted by Crippen LogP contribution is -2.40. The van der Waals surface area contributed by atoms with Gasteiger partial charge in [0.05, 0.1) is 7.11 Å². The van der Waals surface area contributed by atoms with Crippen molar-refractivity contribution < 1.29 is 4.74 Å². The molecule has 2 heteroatoms. The van der Waals surface area contributed by atoms with Gasteiger partial charge in [0.15, 0.2) is 0 Å². The highest BCUT2D eigenvalue weighted by Crippen LogP contribution is 2.31. The van der Waals surface area contributed by atoms with E-state index in [0.29, 0.717) is 12.1 Å². The van der Waals surface area contributed by atoms with E-state index in [2.05, 4.69) is 38.2 Å². The van der Waals surface area contributed by atoms with Crippen LogP contribution in [0.5, 0.6) is 5.75 Å². The largest absolute Gasteiger partial charge is 0.496 e. The topological polar surface area (TPSA) is 21.3 Å². The van der Waals surface area contributed by atoms with Crippen LogP contribution in [0.15, 0.2) is 24.3 Å². The minimum atomic E-state index is 0.342. The van der Waals surface area contributed by atoms with Gasteiger partial charge in [0.25, 0.3) is 0 Å². The second-order valence-electron chi connectivity index (χ2n) is 6.13. The highest BCUT2D eigenvalue weighted by Gasteiger charge is 2.27. The zero-order valence-electron chi connectivity index (χ0n) is 12.6. The van der Waals surface area contributed by atoms with Gasteiger partial charge in [-0.25, -0.2) is 0 Å².